The summed E-state index contributed by atoms with van der Waals surface area (Å²) in [7, 11) is 1.26. The number of hydrogen-bond acceptors (Lipinski definition) is 5. The predicted molar refractivity (Wildman–Crippen MR) is 78.9 cm³/mol. The molecule has 11 heteroatoms. The number of rotatable bonds is 4. The first kappa shape index (κ1) is 17.2. The van der Waals surface area contributed by atoms with Crippen molar-refractivity contribution in [3.8, 4) is 5.69 Å². The largest absolute Gasteiger partial charge is 0.465 e. The van der Waals surface area contributed by atoms with Crippen LogP contribution in [0.1, 0.15) is 10.4 Å². The SMILES string of the molecule is COC(=O)c1cccc(-n2ncc(N/C(N)=N\CC(F)(F)F)n2)c1. The number of hydrogen-bond donors (Lipinski definition) is 2. The van der Waals surface area contributed by atoms with Crippen LogP contribution in [0.15, 0.2) is 35.5 Å². The third kappa shape index (κ3) is 4.69. The molecule has 0 saturated heterocycles. The molecule has 0 fully saturated rings. The molecule has 2 rings (SSSR count). The van der Waals surface area contributed by atoms with E-state index in [-0.39, 0.29) is 5.82 Å². The van der Waals surface area contributed by atoms with Crippen LogP contribution in [0.25, 0.3) is 5.69 Å². The minimum absolute atomic E-state index is 0.0990. The first-order valence-corrected chi connectivity index (χ1v) is 6.53. The molecule has 0 saturated carbocycles. The molecule has 1 aromatic heterocycles. The Hall–Kier alpha value is -3.11. The molecule has 0 aliphatic rings. The van der Waals surface area contributed by atoms with Crippen LogP contribution in [0.2, 0.25) is 0 Å². The Kier molecular flexibility index (Phi) is 5.02. The summed E-state index contributed by atoms with van der Waals surface area (Å²) in [5.41, 5.74) is 6.10. The van der Waals surface area contributed by atoms with E-state index in [1.807, 2.05) is 0 Å². The number of benzene rings is 1. The molecular formula is C13H13F3N6O2. The molecule has 8 nitrogen and oxygen atoms in total. The van der Waals surface area contributed by atoms with E-state index in [0.717, 1.165) is 0 Å². The van der Waals surface area contributed by atoms with E-state index in [2.05, 4.69) is 25.2 Å². The molecule has 0 atom stereocenters. The van der Waals surface area contributed by atoms with Crippen LogP contribution in [0, 0.1) is 0 Å². The van der Waals surface area contributed by atoms with Crippen molar-refractivity contribution >= 4 is 17.7 Å². The van der Waals surface area contributed by atoms with Gasteiger partial charge in [0.2, 0.25) is 0 Å². The number of anilines is 1. The van der Waals surface area contributed by atoms with Gasteiger partial charge in [0.1, 0.15) is 6.54 Å². The number of methoxy groups -OCH3 is 1. The lowest BCUT2D eigenvalue weighted by molar-refractivity contribution is -0.118. The van der Waals surface area contributed by atoms with Gasteiger partial charge in [-0.1, -0.05) is 6.07 Å². The number of carbonyl (C=O) groups excluding carboxylic acids is 1. The number of aromatic nitrogens is 3. The fourth-order valence-electron chi connectivity index (χ4n) is 1.67. The van der Waals surface area contributed by atoms with Crippen molar-refractivity contribution in [3.05, 3.63) is 36.0 Å². The molecule has 0 amide bonds. The van der Waals surface area contributed by atoms with Crippen LogP contribution in [0.3, 0.4) is 0 Å². The second-order valence-corrected chi connectivity index (χ2v) is 4.50. The molecule has 1 aromatic carbocycles. The Bertz CT molecular complexity index is 756. The molecule has 0 radical (unpaired) electrons. The van der Waals surface area contributed by atoms with Gasteiger partial charge in [-0.25, -0.2) is 9.79 Å². The van der Waals surface area contributed by atoms with Gasteiger partial charge >= 0.3 is 12.1 Å². The van der Waals surface area contributed by atoms with Crippen LogP contribution in [-0.4, -0.2) is 46.8 Å². The number of aliphatic imine (C=N–C) groups is 1. The van der Waals surface area contributed by atoms with Crippen molar-refractivity contribution in [2.75, 3.05) is 19.0 Å². The minimum Gasteiger partial charge on any atom is -0.465 e. The minimum atomic E-state index is -4.45. The quantitative estimate of drug-likeness (QED) is 0.493. The van der Waals surface area contributed by atoms with E-state index in [4.69, 9.17) is 5.73 Å². The lowest BCUT2D eigenvalue weighted by Crippen LogP contribution is -2.25. The first-order valence-electron chi connectivity index (χ1n) is 6.53. The van der Waals surface area contributed by atoms with E-state index in [9.17, 15) is 18.0 Å². The smallest absolute Gasteiger partial charge is 0.408 e. The highest BCUT2D eigenvalue weighted by atomic mass is 19.4. The maximum absolute atomic E-state index is 12.1. The standard InChI is InChI=1S/C13H13F3N6O2/c1-24-11(23)8-3-2-4-9(5-8)22-19-6-10(21-22)20-12(17)18-7-13(14,15)16/h2-6H,7H2,1H3,(H3,17,18,20,21). The molecular weight excluding hydrogens is 329 g/mol. The molecule has 24 heavy (non-hydrogen) atoms. The number of ether oxygens (including phenoxy) is 1. The zero-order valence-corrected chi connectivity index (χ0v) is 12.4. The molecule has 3 N–H and O–H groups in total. The summed E-state index contributed by atoms with van der Waals surface area (Å²) in [6, 6.07) is 6.30. The number of nitrogens with two attached hydrogens (primary N) is 1. The molecule has 0 bridgehead atoms. The fourth-order valence-corrected chi connectivity index (χ4v) is 1.67. The van der Waals surface area contributed by atoms with Gasteiger partial charge in [-0.15, -0.1) is 9.90 Å². The predicted octanol–water partition coefficient (Wildman–Crippen LogP) is 1.34. The highest BCUT2D eigenvalue weighted by Gasteiger charge is 2.26. The van der Waals surface area contributed by atoms with Crippen LogP contribution < -0.4 is 11.1 Å². The summed E-state index contributed by atoms with van der Waals surface area (Å²) in [6.07, 6.45) is -3.20. The van der Waals surface area contributed by atoms with Gasteiger partial charge in [-0.05, 0) is 18.2 Å². The third-order valence-electron chi connectivity index (χ3n) is 2.67. The molecule has 128 valence electrons. The number of nitrogens with zero attached hydrogens (tertiary/aromatic N) is 4. The Morgan fingerprint density at radius 1 is 1.46 bits per heavy atom. The average molecular weight is 342 g/mol. The number of guanidine groups is 1. The number of carbonyl (C=O) groups is 1. The van der Waals surface area contributed by atoms with Gasteiger partial charge in [0.15, 0.2) is 11.8 Å². The maximum Gasteiger partial charge on any atom is 0.408 e. The zero-order chi connectivity index (χ0) is 17.7. The summed E-state index contributed by atoms with van der Waals surface area (Å²) in [4.78, 5) is 15.8. The normalized spacial score (nSPS) is 12.1. The van der Waals surface area contributed by atoms with E-state index in [0.29, 0.717) is 11.3 Å². The average Bonchev–Trinajstić information content (AvgIpc) is 3.00. The van der Waals surface area contributed by atoms with Crippen molar-refractivity contribution < 1.29 is 22.7 Å². The summed E-state index contributed by atoms with van der Waals surface area (Å²) < 4.78 is 40.8. The lowest BCUT2D eigenvalue weighted by Gasteiger charge is -2.04. The van der Waals surface area contributed by atoms with Crippen LogP contribution in [0.5, 0.6) is 0 Å². The van der Waals surface area contributed by atoms with Crippen molar-refractivity contribution in [1.82, 2.24) is 15.0 Å². The molecule has 1 heterocycles. The monoisotopic (exact) mass is 342 g/mol. The topological polar surface area (TPSA) is 107 Å². The van der Waals surface area contributed by atoms with Crippen LogP contribution >= 0.6 is 0 Å². The van der Waals surface area contributed by atoms with E-state index >= 15 is 0 Å². The molecule has 0 aliphatic carbocycles. The Morgan fingerprint density at radius 3 is 2.88 bits per heavy atom. The van der Waals surface area contributed by atoms with Crippen molar-refractivity contribution in [2.45, 2.75) is 6.18 Å². The number of alkyl halides is 3. The lowest BCUT2D eigenvalue weighted by atomic mass is 10.2. The Labute approximate surface area is 134 Å². The van der Waals surface area contributed by atoms with Gasteiger partial charge in [-0.2, -0.15) is 18.3 Å². The van der Waals surface area contributed by atoms with Gasteiger partial charge in [0.25, 0.3) is 0 Å². The Balaban J connectivity index is 2.12. The molecule has 0 spiro atoms. The van der Waals surface area contributed by atoms with E-state index in [1.54, 1.807) is 18.2 Å². The van der Waals surface area contributed by atoms with Gasteiger partial charge in [0.05, 0.1) is 24.6 Å². The van der Waals surface area contributed by atoms with E-state index < -0.39 is 24.6 Å². The molecule has 0 aliphatic heterocycles. The van der Waals surface area contributed by atoms with Gasteiger partial charge < -0.3 is 15.8 Å². The second-order valence-electron chi connectivity index (χ2n) is 4.50. The van der Waals surface area contributed by atoms with Gasteiger partial charge in [0, 0.05) is 0 Å². The van der Waals surface area contributed by atoms with Gasteiger partial charge in [-0.3, -0.25) is 0 Å². The molecule has 0 unspecified atom stereocenters. The highest BCUT2D eigenvalue weighted by Crippen LogP contribution is 2.14. The maximum atomic E-state index is 12.1. The van der Waals surface area contributed by atoms with Crippen LogP contribution in [0.4, 0.5) is 19.0 Å². The van der Waals surface area contributed by atoms with Crippen molar-refractivity contribution in [2.24, 2.45) is 10.7 Å². The van der Waals surface area contributed by atoms with Crippen molar-refractivity contribution in [1.29, 1.82) is 0 Å². The Morgan fingerprint density at radius 2 is 2.21 bits per heavy atom. The molecule has 2 aromatic rings. The summed E-state index contributed by atoms with van der Waals surface area (Å²) in [5, 5.41) is 10.3. The summed E-state index contributed by atoms with van der Waals surface area (Å²) in [5.74, 6) is -0.865. The number of halogens is 3. The van der Waals surface area contributed by atoms with Crippen LogP contribution in [-0.2, 0) is 4.74 Å². The summed E-state index contributed by atoms with van der Waals surface area (Å²) in [6.45, 7) is -1.40. The third-order valence-corrected chi connectivity index (χ3v) is 2.67. The highest BCUT2D eigenvalue weighted by molar-refractivity contribution is 5.91. The van der Waals surface area contributed by atoms with Crippen molar-refractivity contribution in [3.63, 3.8) is 0 Å². The number of esters is 1. The summed E-state index contributed by atoms with van der Waals surface area (Å²) >= 11 is 0. The number of nitrogens with one attached hydrogen (secondary N) is 1. The second kappa shape index (κ2) is 6.98. The first-order chi connectivity index (χ1) is 11.3. The van der Waals surface area contributed by atoms with E-state index in [1.165, 1.54) is 24.2 Å². The fraction of sp³-hybridized carbons (Fsp3) is 0.231. The zero-order valence-electron chi connectivity index (χ0n) is 12.4.